The number of fused-ring (bicyclic) bond motifs is 1. The number of piperidine rings is 1. The molecule has 3 heteroatoms. The normalized spacial score (nSPS) is 26.7. The van der Waals surface area contributed by atoms with Gasteiger partial charge in [-0.15, -0.1) is 0 Å². The van der Waals surface area contributed by atoms with Gasteiger partial charge in [0.2, 0.25) is 0 Å². The molecule has 1 unspecified atom stereocenters. The molecule has 16 heavy (non-hydrogen) atoms. The van der Waals surface area contributed by atoms with Gasteiger partial charge in [-0.3, -0.25) is 0 Å². The number of hydrogen-bond acceptors (Lipinski definition) is 2. The average Bonchev–Trinajstić information content (AvgIpc) is 2.76. The van der Waals surface area contributed by atoms with Gasteiger partial charge in [-0.2, -0.15) is 0 Å². The lowest BCUT2D eigenvalue weighted by molar-refractivity contribution is 0.453. The molecule has 3 heterocycles. The van der Waals surface area contributed by atoms with E-state index in [-0.39, 0.29) is 0 Å². The second kappa shape index (κ2) is 4.21. The maximum Gasteiger partial charge on any atom is 0.111 e. The summed E-state index contributed by atoms with van der Waals surface area (Å²) in [6.45, 7) is 5.80. The Labute approximate surface area is 97.3 Å². The van der Waals surface area contributed by atoms with Crippen LogP contribution in [0.15, 0.2) is 6.20 Å². The van der Waals surface area contributed by atoms with Crippen LogP contribution in [0.3, 0.4) is 0 Å². The largest absolute Gasteiger partial charge is 0.334 e. The first-order valence-corrected chi connectivity index (χ1v) is 6.62. The van der Waals surface area contributed by atoms with E-state index < -0.39 is 0 Å². The van der Waals surface area contributed by atoms with Crippen LogP contribution < -0.4 is 5.32 Å². The third-order valence-electron chi connectivity index (χ3n) is 4.06. The zero-order chi connectivity index (χ0) is 11.0. The van der Waals surface area contributed by atoms with Crippen LogP contribution in [0, 0.1) is 0 Å². The molecule has 1 N–H and O–H groups in total. The summed E-state index contributed by atoms with van der Waals surface area (Å²) in [4.78, 5) is 4.89. The first-order valence-electron chi connectivity index (χ1n) is 6.62. The molecule has 0 saturated carbocycles. The second-order valence-electron chi connectivity index (χ2n) is 5.28. The van der Waals surface area contributed by atoms with Crippen molar-refractivity contribution in [2.24, 2.45) is 0 Å². The minimum atomic E-state index is 0.657. The number of rotatable bonds is 1. The van der Waals surface area contributed by atoms with Gasteiger partial charge in [0.1, 0.15) is 5.82 Å². The minimum Gasteiger partial charge on any atom is -0.334 e. The van der Waals surface area contributed by atoms with E-state index in [9.17, 15) is 0 Å². The van der Waals surface area contributed by atoms with Crippen molar-refractivity contribution in [1.82, 2.24) is 14.9 Å². The monoisotopic (exact) mass is 219 g/mol. The van der Waals surface area contributed by atoms with Crippen LogP contribution in [0.4, 0.5) is 0 Å². The fourth-order valence-electron chi connectivity index (χ4n) is 3.03. The highest BCUT2D eigenvalue weighted by Gasteiger charge is 2.23. The fraction of sp³-hybridized carbons (Fsp3) is 0.769. The highest BCUT2D eigenvalue weighted by atomic mass is 15.1. The summed E-state index contributed by atoms with van der Waals surface area (Å²) in [6, 6.07) is 0. The summed E-state index contributed by atoms with van der Waals surface area (Å²) in [5.74, 6) is 2.69. The lowest BCUT2D eigenvalue weighted by Gasteiger charge is -2.20. The van der Waals surface area contributed by atoms with Crippen LogP contribution in [0.1, 0.15) is 56.0 Å². The summed E-state index contributed by atoms with van der Waals surface area (Å²) < 4.78 is 2.39. The highest BCUT2D eigenvalue weighted by molar-refractivity contribution is 5.14. The zero-order valence-corrected chi connectivity index (χ0v) is 10.1. The molecule has 0 aromatic carbocycles. The molecule has 2 aliphatic rings. The van der Waals surface area contributed by atoms with Crippen molar-refractivity contribution >= 4 is 0 Å². The second-order valence-corrected chi connectivity index (χ2v) is 5.28. The molecular weight excluding hydrogens is 198 g/mol. The van der Waals surface area contributed by atoms with Gasteiger partial charge < -0.3 is 9.88 Å². The molecule has 3 rings (SSSR count). The predicted molar refractivity (Wildman–Crippen MR) is 64.7 cm³/mol. The SMILES string of the molecule is CC1CCCn2cc(C3CCNCC3)nc21. The van der Waals surface area contributed by atoms with Crippen LogP contribution >= 0.6 is 0 Å². The summed E-state index contributed by atoms with van der Waals surface area (Å²) in [5.41, 5.74) is 1.35. The van der Waals surface area contributed by atoms with Gasteiger partial charge in [0, 0.05) is 24.6 Å². The Morgan fingerprint density at radius 1 is 1.31 bits per heavy atom. The third-order valence-corrected chi connectivity index (χ3v) is 4.06. The maximum absolute atomic E-state index is 4.89. The van der Waals surface area contributed by atoms with Crippen molar-refractivity contribution in [1.29, 1.82) is 0 Å². The minimum absolute atomic E-state index is 0.657. The van der Waals surface area contributed by atoms with Crippen molar-refractivity contribution in [2.45, 2.75) is 51.0 Å². The molecule has 1 aromatic heterocycles. The van der Waals surface area contributed by atoms with E-state index in [1.165, 1.54) is 43.7 Å². The van der Waals surface area contributed by atoms with Crippen LogP contribution in [0.25, 0.3) is 0 Å². The first kappa shape index (κ1) is 10.3. The Kier molecular flexibility index (Phi) is 2.72. The van der Waals surface area contributed by atoms with Crippen molar-refractivity contribution in [3.8, 4) is 0 Å². The van der Waals surface area contributed by atoms with Crippen LogP contribution in [-0.4, -0.2) is 22.6 Å². The zero-order valence-electron chi connectivity index (χ0n) is 10.1. The molecule has 3 nitrogen and oxygen atoms in total. The van der Waals surface area contributed by atoms with E-state index >= 15 is 0 Å². The molecule has 1 atom stereocenters. The quantitative estimate of drug-likeness (QED) is 0.785. The Hall–Kier alpha value is -0.830. The fourth-order valence-corrected chi connectivity index (χ4v) is 3.03. The molecular formula is C13H21N3. The Balaban J connectivity index is 1.85. The summed E-state index contributed by atoms with van der Waals surface area (Å²) in [7, 11) is 0. The number of nitrogens with one attached hydrogen (secondary N) is 1. The van der Waals surface area contributed by atoms with Gasteiger partial charge in [-0.05, 0) is 38.8 Å². The van der Waals surface area contributed by atoms with Crippen molar-refractivity contribution < 1.29 is 0 Å². The standard InChI is InChI=1S/C13H21N3/c1-10-3-2-8-16-9-12(15-13(10)16)11-4-6-14-7-5-11/h9-11,14H,2-8H2,1H3. The topological polar surface area (TPSA) is 29.9 Å². The first-order chi connectivity index (χ1) is 7.84. The van der Waals surface area contributed by atoms with Crippen molar-refractivity contribution in [3.63, 3.8) is 0 Å². The number of imidazole rings is 1. The summed E-state index contributed by atoms with van der Waals surface area (Å²) >= 11 is 0. The molecule has 1 aromatic rings. The van der Waals surface area contributed by atoms with E-state index in [4.69, 9.17) is 4.98 Å². The number of nitrogens with zero attached hydrogens (tertiary/aromatic N) is 2. The number of aromatic nitrogens is 2. The van der Waals surface area contributed by atoms with E-state index in [1.54, 1.807) is 0 Å². The Morgan fingerprint density at radius 3 is 2.88 bits per heavy atom. The Bertz CT molecular complexity index is 363. The van der Waals surface area contributed by atoms with E-state index in [1.807, 2.05) is 0 Å². The highest BCUT2D eigenvalue weighted by Crippen LogP contribution is 2.30. The third kappa shape index (κ3) is 1.77. The van der Waals surface area contributed by atoms with E-state index in [2.05, 4.69) is 23.0 Å². The van der Waals surface area contributed by atoms with Gasteiger partial charge in [0.25, 0.3) is 0 Å². The van der Waals surface area contributed by atoms with Crippen LogP contribution in [-0.2, 0) is 6.54 Å². The molecule has 0 bridgehead atoms. The Morgan fingerprint density at radius 2 is 2.12 bits per heavy atom. The summed E-state index contributed by atoms with van der Waals surface area (Å²) in [6.07, 6.45) is 7.45. The molecule has 1 fully saturated rings. The van der Waals surface area contributed by atoms with Crippen molar-refractivity contribution in [2.75, 3.05) is 13.1 Å². The van der Waals surface area contributed by atoms with Crippen LogP contribution in [0.5, 0.6) is 0 Å². The van der Waals surface area contributed by atoms with Crippen LogP contribution in [0.2, 0.25) is 0 Å². The molecule has 0 radical (unpaired) electrons. The number of aryl methyl sites for hydroxylation is 1. The predicted octanol–water partition coefficient (Wildman–Crippen LogP) is 2.25. The molecule has 2 aliphatic heterocycles. The lowest BCUT2D eigenvalue weighted by Crippen LogP contribution is -2.26. The number of hydrogen-bond donors (Lipinski definition) is 1. The van der Waals surface area contributed by atoms with Gasteiger partial charge in [-0.25, -0.2) is 4.98 Å². The van der Waals surface area contributed by atoms with Crippen molar-refractivity contribution in [3.05, 3.63) is 17.7 Å². The molecule has 0 aliphatic carbocycles. The maximum atomic E-state index is 4.89. The van der Waals surface area contributed by atoms with E-state index in [0.29, 0.717) is 11.8 Å². The molecule has 88 valence electrons. The summed E-state index contributed by atoms with van der Waals surface area (Å²) in [5, 5.41) is 3.42. The smallest absolute Gasteiger partial charge is 0.111 e. The van der Waals surface area contributed by atoms with Gasteiger partial charge in [-0.1, -0.05) is 6.92 Å². The van der Waals surface area contributed by atoms with Gasteiger partial charge in [0.15, 0.2) is 0 Å². The van der Waals surface area contributed by atoms with Gasteiger partial charge >= 0.3 is 0 Å². The molecule has 1 saturated heterocycles. The molecule has 0 amide bonds. The lowest BCUT2D eigenvalue weighted by atomic mass is 9.95. The molecule has 0 spiro atoms. The van der Waals surface area contributed by atoms with Gasteiger partial charge in [0.05, 0.1) is 5.69 Å². The van der Waals surface area contributed by atoms with E-state index in [0.717, 1.165) is 13.1 Å². The average molecular weight is 219 g/mol.